The summed E-state index contributed by atoms with van der Waals surface area (Å²) in [6.07, 6.45) is 8.44. The van der Waals surface area contributed by atoms with Crippen LogP contribution in [0.4, 0.5) is 0 Å². The first-order valence-corrected chi connectivity index (χ1v) is 6.70. The molecule has 0 heteroatoms. The highest BCUT2D eigenvalue weighted by molar-refractivity contribution is 5.91. The van der Waals surface area contributed by atoms with Gasteiger partial charge in [0.05, 0.1) is 0 Å². The second-order valence-electron chi connectivity index (χ2n) is 5.63. The maximum Gasteiger partial charge on any atom is 0.0155 e. The molecule has 1 aromatic carbocycles. The molecule has 0 unspecified atom stereocenters. The molecule has 17 heavy (non-hydrogen) atoms. The minimum atomic E-state index is 0.201. The first-order chi connectivity index (χ1) is 8.16. The van der Waals surface area contributed by atoms with Crippen LogP contribution in [0.2, 0.25) is 0 Å². The second-order valence-corrected chi connectivity index (χ2v) is 5.63. The maximum absolute atomic E-state index is 2.45. The fourth-order valence-corrected chi connectivity index (χ4v) is 3.38. The zero-order chi connectivity index (χ0) is 12.0. The Balaban J connectivity index is 2.33. The van der Waals surface area contributed by atoms with Crippen LogP contribution in [-0.4, -0.2) is 0 Å². The van der Waals surface area contributed by atoms with Gasteiger partial charge in [-0.3, -0.25) is 0 Å². The summed E-state index contributed by atoms with van der Waals surface area (Å²) < 4.78 is 0. The van der Waals surface area contributed by atoms with Gasteiger partial charge >= 0.3 is 0 Å². The van der Waals surface area contributed by atoms with Crippen LogP contribution in [0, 0.1) is 0 Å². The lowest BCUT2D eigenvalue weighted by molar-refractivity contribution is 0.654. The van der Waals surface area contributed by atoms with E-state index in [9.17, 15) is 0 Å². The van der Waals surface area contributed by atoms with E-state index in [1.54, 1.807) is 5.57 Å². The smallest absolute Gasteiger partial charge is 0.0155 e. The topological polar surface area (TPSA) is 0 Å². The van der Waals surface area contributed by atoms with E-state index >= 15 is 0 Å². The van der Waals surface area contributed by atoms with Gasteiger partial charge in [-0.05, 0) is 47.1 Å². The van der Waals surface area contributed by atoms with Crippen molar-refractivity contribution >= 4 is 5.57 Å². The third-order valence-electron chi connectivity index (χ3n) is 4.30. The van der Waals surface area contributed by atoms with Gasteiger partial charge in [0, 0.05) is 5.41 Å². The number of rotatable bonds is 1. The Hall–Kier alpha value is -1.30. The molecular formula is C17H20. The summed E-state index contributed by atoms with van der Waals surface area (Å²) in [5.74, 6) is 0. The van der Waals surface area contributed by atoms with Crippen LogP contribution in [0.25, 0.3) is 5.57 Å². The predicted molar refractivity (Wildman–Crippen MR) is 74.1 cm³/mol. The molecule has 0 fully saturated rings. The predicted octanol–water partition coefficient (Wildman–Crippen LogP) is 4.64. The summed E-state index contributed by atoms with van der Waals surface area (Å²) in [4.78, 5) is 0. The minimum absolute atomic E-state index is 0.201. The average molecular weight is 224 g/mol. The van der Waals surface area contributed by atoms with E-state index in [4.69, 9.17) is 0 Å². The third kappa shape index (κ3) is 1.36. The van der Waals surface area contributed by atoms with Crippen LogP contribution in [0.5, 0.6) is 0 Å². The Morgan fingerprint density at radius 2 is 1.88 bits per heavy atom. The van der Waals surface area contributed by atoms with Crippen molar-refractivity contribution in [1.29, 1.82) is 0 Å². The zero-order valence-electron chi connectivity index (χ0n) is 11.0. The maximum atomic E-state index is 2.45. The molecule has 0 N–H and O–H groups in total. The lowest BCUT2D eigenvalue weighted by Gasteiger charge is -2.23. The standard InChI is InChI=1S/C17H20/c1-4-12-8-7-11-15-16(12)13-9-5-6-10-14(13)17(15,2)3/h7-11H,4-6H2,1-3H3. The van der Waals surface area contributed by atoms with Crippen molar-refractivity contribution in [3.63, 3.8) is 0 Å². The van der Waals surface area contributed by atoms with Crippen molar-refractivity contribution in [1.82, 2.24) is 0 Å². The van der Waals surface area contributed by atoms with Crippen LogP contribution in [0.3, 0.4) is 0 Å². The summed E-state index contributed by atoms with van der Waals surface area (Å²) in [7, 11) is 0. The Morgan fingerprint density at radius 3 is 2.65 bits per heavy atom. The molecule has 0 nitrogen and oxygen atoms in total. The molecule has 0 aromatic heterocycles. The highest BCUT2D eigenvalue weighted by Gasteiger charge is 2.39. The number of hydrogen-bond acceptors (Lipinski definition) is 0. The quantitative estimate of drug-likeness (QED) is 0.651. The lowest BCUT2D eigenvalue weighted by Crippen LogP contribution is -2.15. The number of benzene rings is 1. The first-order valence-electron chi connectivity index (χ1n) is 6.70. The van der Waals surface area contributed by atoms with Crippen LogP contribution in [0.1, 0.15) is 50.3 Å². The Bertz CT molecular complexity index is 527. The second kappa shape index (κ2) is 3.60. The molecule has 0 amide bonds. The molecule has 0 spiro atoms. The summed E-state index contributed by atoms with van der Waals surface area (Å²) >= 11 is 0. The normalized spacial score (nSPS) is 20.4. The van der Waals surface area contributed by atoms with E-state index in [1.807, 2.05) is 0 Å². The molecule has 2 aliphatic rings. The van der Waals surface area contributed by atoms with Gasteiger partial charge in [0.1, 0.15) is 0 Å². The molecule has 0 atom stereocenters. The van der Waals surface area contributed by atoms with Crippen molar-refractivity contribution < 1.29 is 0 Å². The molecule has 88 valence electrons. The molecule has 0 saturated heterocycles. The lowest BCUT2D eigenvalue weighted by atomic mass is 9.80. The number of aryl methyl sites for hydroxylation is 1. The van der Waals surface area contributed by atoms with E-state index < -0.39 is 0 Å². The van der Waals surface area contributed by atoms with Crippen molar-refractivity contribution in [2.45, 2.75) is 45.4 Å². The van der Waals surface area contributed by atoms with Crippen LogP contribution in [-0.2, 0) is 11.8 Å². The van der Waals surface area contributed by atoms with E-state index in [0.717, 1.165) is 6.42 Å². The van der Waals surface area contributed by atoms with Gasteiger partial charge in [-0.2, -0.15) is 0 Å². The van der Waals surface area contributed by atoms with Crippen LogP contribution in [0.15, 0.2) is 35.9 Å². The molecular weight excluding hydrogens is 204 g/mol. The molecule has 0 bridgehead atoms. The van der Waals surface area contributed by atoms with E-state index in [2.05, 4.69) is 51.1 Å². The van der Waals surface area contributed by atoms with Crippen LogP contribution < -0.4 is 0 Å². The van der Waals surface area contributed by atoms with Gasteiger partial charge in [-0.1, -0.05) is 51.1 Å². The minimum Gasteiger partial charge on any atom is -0.0795 e. The summed E-state index contributed by atoms with van der Waals surface area (Å²) in [5.41, 5.74) is 7.84. The summed E-state index contributed by atoms with van der Waals surface area (Å²) in [6, 6.07) is 6.82. The Morgan fingerprint density at radius 1 is 1.12 bits per heavy atom. The van der Waals surface area contributed by atoms with E-state index in [-0.39, 0.29) is 5.41 Å². The molecule has 0 radical (unpaired) electrons. The van der Waals surface area contributed by atoms with Crippen molar-refractivity contribution in [2.75, 3.05) is 0 Å². The monoisotopic (exact) mass is 224 g/mol. The van der Waals surface area contributed by atoms with Gasteiger partial charge < -0.3 is 0 Å². The van der Waals surface area contributed by atoms with Gasteiger partial charge in [-0.15, -0.1) is 0 Å². The highest BCUT2D eigenvalue weighted by Crippen LogP contribution is 2.52. The Kier molecular flexibility index (Phi) is 2.29. The number of allylic oxidation sites excluding steroid dienone is 4. The average Bonchev–Trinajstić information content (AvgIpc) is 2.60. The molecule has 0 saturated carbocycles. The fraction of sp³-hybridized carbons (Fsp3) is 0.412. The van der Waals surface area contributed by atoms with E-state index in [0.29, 0.717) is 0 Å². The van der Waals surface area contributed by atoms with Gasteiger partial charge in [-0.25, -0.2) is 0 Å². The fourth-order valence-electron chi connectivity index (χ4n) is 3.38. The zero-order valence-corrected chi connectivity index (χ0v) is 11.0. The molecule has 0 aliphatic heterocycles. The molecule has 2 aliphatic carbocycles. The van der Waals surface area contributed by atoms with Crippen molar-refractivity contribution in [2.24, 2.45) is 0 Å². The number of fused-ring (bicyclic) bond motifs is 3. The molecule has 1 aromatic rings. The third-order valence-corrected chi connectivity index (χ3v) is 4.30. The SMILES string of the molecule is CCc1cccc2c1C1=CCCC=C1C2(C)C. The largest absolute Gasteiger partial charge is 0.0795 e. The summed E-state index contributed by atoms with van der Waals surface area (Å²) in [6.45, 7) is 6.99. The summed E-state index contributed by atoms with van der Waals surface area (Å²) in [5, 5.41) is 0. The van der Waals surface area contributed by atoms with E-state index in [1.165, 1.54) is 35.1 Å². The first kappa shape index (κ1) is 10.8. The van der Waals surface area contributed by atoms with Gasteiger partial charge in [0.25, 0.3) is 0 Å². The van der Waals surface area contributed by atoms with Gasteiger partial charge in [0.2, 0.25) is 0 Å². The Labute approximate surface area is 104 Å². The number of hydrogen-bond donors (Lipinski definition) is 0. The molecule has 0 heterocycles. The van der Waals surface area contributed by atoms with Crippen molar-refractivity contribution in [3.05, 3.63) is 52.6 Å². The van der Waals surface area contributed by atoms with Crippen molar-refractivity contribution in [3.8, 4) is 0 Å². The molecule has 3 rings (SSSR count). The van der Waals surface area contributed by atoms with Gasteiger partial charge in [0.15, 0.2) is 0 Å². The van der Waals surface area contributed by atoms with Crippen LogP contribution >= 0.6 is 0 Å². The highest BCUT2D eigenvalue weighted by atomic mass is 14.4.